The molecule has 3 heterocycles. The summed E-state index contributed by atoms with van der Waals surface area (Å²) in [4.78, 5) is 4.75. The van der Waals surface area contributed by atoms with E-state index < -0.39 is 0 Å². The number of rotatable bonds is 4. The summed E-state index contributed by atoms with van der Waals surface area (Å²) in [6, 6.07) is 5.82. The number of methoxy groups -OCH3 is 1. The van der Waals surface area contributed by atoms with Gasteiger partial charge in [0.2, 0.25) is 5.88 Å². The highest BCUT2D eigenvalue weighted by molar-refractivity contribution is 6.09. The van der Waals surface area contributed by atoms with Gasteiger partial charge in [-0.1, -0.05) is 30.4 Å². The summed E-state index contributed by atoms with van der Waals surface area (Å²) in [5, 5.41) is 12.3. The number of ether oxygens (including phenoxy) is 3. The number of hydrogen-bond donors (Lipinski definition) is 2. The number of nitrogens with one attached hydrogen (secondary N) is 2. The van der Waals surface area contributed by atoms with Crippen LogP contribution in [0.2, 0.25) is 0 Å². The zero-order valence-corrected chi connectivity index (χ0v) is 15.2. The topological polar surface area (TPSA) is 81.3 Å². The molecule has 3 aromatic rings. The molecule has 0 spiro atoms. The lowest BCUT2D eigenvalue weighted by Gasteiger charge is -2.20. The molecule has 2 aromatic heterocycles. The molecule has 5 rings (SSSR count). The Hall–Kier alpha value is -3.74. The molecule has 1 aromatic carbocycles. The van der Waals surface area contributed by atoms with Crippen molar-refractivity contribution in [1.82, 2.24) is 15.2 Å². The van der Waals surface area contributed by atoms with Crippen molar-refractivity contribution >= 4 is 27.6 Å². The molecule has 0 amide bonds. The smallest absolute Gasteiger partial charge is 0.234 e. The van der Waals surface area contributed by atoms with Crippen LogP contribution < -0.4 is 10.1 Å². The molecular formula is C21H18N4O3. The number of hydrogen-bond acceptors (Lipinski definition) is 6. The van der Waals surface area contributed by atoms with Gasteiger partial charge in [0.1, 0.15) is 23.0 Å². The van der Waals surface area contributed by atoms with E-state index in [4.69, 9.17) is 19.2 Å². The van der Waals surface area contributed by atoms with Crippen LogP contribution in [0.15, 0.2) is 72.4 Å². The van der Waals surface area contributed by atoms with Crippen molar-refractivity contribution < 1.29 is 14.2 Å². The number of fused-ring (bicyclic) bond motifs is 3. The molecule has 0 saturated heterocycles. The number of aromatic nitrogens is 3. The predicted molar refractivity (Wildman–Crippen MR) is 106 cm³/mol. The summed E-state index contributed by atoms with van der Waals surface area (Å²) in [6.45, 7) is 0. The van der Waals surface area contributed by atoms with E-state index in [-0.39, 0.29) is 0 Å². The SMILES string of the molecule is COc1cccc2c1nc(NC1=COC=C(C3=CC=CCC3)O1)c1[nH]ncc12. The van der Waals surface area contributed by atoms with Crippen LogP contribution in [-0.4, -0.2) is 22.3 Å². The van der Waals surface area contributed by atoms with Crippen LogP contribution in [0.4, 0.5) is 5.82 Å². The van der Waals surface area contributed by atoms with Crippen molar-refractivity contribution in [3.63, 3.8) is 0 Å². The van der Waals surface area contributed by atoms with Crippen LogP contribution in [0.3, 0.4) is 0 Å². The zero-order valence-electron chi connectivity index (χ0n) is 15.2. The Kier molecular flexibility index (Phi) is 3.97. The lowest BCUT2D eigenvalue weighted by Crippen LogP contribution is -2.11. The Balaban J connectivity index is 1.51. The van der Waals surface area contributed by atoms with E-state index in [1.54, 1.807) is 19.6 Å². The van der Waals surface area contributed by atoms with Gasteiger partial charge in [0.25, 0.3) is 0 Å². The highest BCUT2D eigenvalue weighted by Crippen LogP contribution is 2.34. The van der Waals surface area contributed by atoms with Gasteiger partial charge in [0.05, 0.1) is 13.3 Å². The molecule has 0 saturated carbocycles. The van der Waals surface area contributed by atoms with Crippen molar-refractivity contribution in [2.75, 3.05) is 12.4 Å². The number of benzene rings is 1. The van der Waals surface area contributed by atoms with E-state index in [1.165, 1.54) is 6.26 Å². The van der Waals surface area contributed by atoms with Gasteiger partial charge >= 0.3 is 0 Å². The highest BCUT2D eigenvalue weighted by Gasteiger charge is 2.18. The van der Waals surface area contributed by atoms with E-state index in [0.29, 0.717) is 23.2 Å². The van der Waals surface area contributed by atoms with Crippen molar-refractivity contribution in [3.8, 4) is 5.75 Å². The summed E-state index contributed by atoms with van der Waals surface area (Å²) >= 11 is 0. The summed E-state index contributed by atoms with van der Waals surface area (Å²) < 4.78 is 17.0. The van der Waals surface area contributed by atoms with E-state index in [1.807, 2.05) is 30.4 Å². The minimum Gasteiger partial charge on any atom is -0.494 e. The first-order valence-electron chi connectivity index (χ1n) is 9.00. The number of pyridine rings is 1. The molecule has 2 aliphatic rings. The number of H-pyrrole nitrogens is 1. The first-order chi connectivity index (χ1) is 13.8. The summed E-state index contributed by atoms with van der Waals surface area (Å²) in [7, 11) is 1.63. The number of allylic oxidation sites excluding steroid dienone is 4. The molecule has 0 bridgehead atoms. The quantitative estimate of drug-likeness (QED) is 0.700. The Bertz CT molecular complexity index is 1190. The van der Waals surface area contributed by atoms with Crippen LogP contribution in [0, 0.1) is 0 Å². The first kappa shape index (κ1) is 16.4. The van der Waals surface area contributed by atoms with Crippen LogP contribution in [-0.2, 0) is 9.47 Å². The third-order valence-corrected chi connectivity index (χ3v) is 4.75. The minimum atomic E-state index is 0.450. The third kappa shape index (κ3) is 2.77. The van der Waals surface area contributed by atoms with E-state index in [2.05, 4.69) is 21.6 Å². The van der Waals surface area contributed by atoms with Gasteiger partial charge in [-0.05, 0) is 24.5 Å². The molecule has 0 fully saturated rings. The van der Waals surface area contributed by atoms with Gasteiger partial charge in [0.15, 0.2) is 17.8 Å². The number of anilines is 1. The van der Waals surface area contributed by atoms with E-state index in [0.717, 1.165) is 40.2 Å². The van der Waals surface area contributed by atoms with E-state index in [9.17, 15) is 0 Å². The molecule has 140 valence electrons. The molecule has 0 radical (unpaired) electrons. The molecule has 7 nitrogen and oxygen atoms in total. The van der Waals surface area contributed by atoms with Crippen molar-refractivity contribution in [2.24, 2.45) is 0 Å². The Morgan fingerprint density at radius 1 is 1.21 bits per heavy atom. The Morgan fingerprint density at radius 3 is 3.04 bits per heavy atom. The van der Waals surface area contributed by atoms with Crippen LogP contribution >= 0.6 is 0 Å². The monoisotopic (exact) mass is 374 g/mol. The molecule has 1 aliphatic carbocycles. The summed E-state index contributed by atoms with van der Waals surface area (Å²) in [5.74, 6) is 2.41. The molecule has 0 atom stereocenters. The molecule has 0 unspecified atom stereocenters. The molecule has 2 N–H and O–H groups in total. The maximum absolute atomic E-state index is 6.00. The standard InChI is InChI=1S/C21H18N4O3/c1-26-16-9-5-8-14-15-10-22-25-20(15)21(24-19(14)16)23-18-12-27-11-17(28-18)13-6-3-2-4-7-13/h2-3,5-6,8-12H,4,7H2,1H3,(H,22,25)(H,23,24). The molecule has 1 aliphatic heterocycles. The third-order valence-electron chi connectivity index (χ3n) is 4.75. The minimum absolute atomic E-state index is 0.450. The summed E-state index contributed by atoms with van der Waals surface area (Å²) in [5.41, 5.74) is 2.62. The van der Waals surface area contributed by atoms with Crippen LogP contribution in [0.25, 0.3) is 21.8 Å². The fraction of sp³-hybridized carbons (Fsp3) is 0.143. The van der Waals surface area contributed by atoms with Crippen molar-refractivity contribution in [3.05, 3.63) is 72.4 Å². The second-order valence-corrected chi connectivity index (χ2v) is 6.46. The number of nitrogens with zero attached hydrogens (tertiary/aromatic N) is 2. The number of para-hydroxylation sites is 1. The Morgan fingerprint density at radius 2 is 2.18 bits per heavy atom. The van der Waals surface area contributed by atoms with Crippen LogP contribution in [0.1, 0.15) is 12.8 Å². The van der Waals surface area contributed by atoms with Gasteiger partial charge in [-0.15, -0.1) is 0 Å². The van der Waals surface area contributed by atoms with Crippen LogP contribution in [0.5, 0.6) is 5.75 Å². The van der Waals surface area contributed by atoms with Crippen molar-refractivity contribution in [1.29, 1.82) is 0 Å². The molecular weight excluding hydrogens is 356 g/mol. The van der Waals surface area contributed by atoms with Gasteiger partial charge in [-0.2, -0.15) is 5.10 Å². The Labute approximate surface area is 161 Å². The van der Waals surface area contributed by atoms with E-state index >= 15 is 0 Å². The van der Waals surface area contributed by atoms with Gasteiger partial charge in [-0.3, -0.25) is 5.10 Å². The number of aromatic amines is 1. The molecule has 28 heavy (non-hydrogen) atoms. The second-order valence-electron chi connectivity index (χ2n) is 6.46. The largest absolute Gasteiger partial charge is 0.494 e. The maximum atomic E-state index is 6.00. The van der Waals surface area contributed by atoms with Gasteiger partial charge < -0.3 is 19.5 Å². The lowest BCUT2D eigenvalue weighted by molar-refractivity contribution is 0.233. The average Bonchev–Trinajstić information content (AvgIpc) is 3.25. The fourth-order valence-corrected chi connectivity index (χ4v) is 3.39. The zero-order chi connectivity index (χ0) is 18.9. The second kappa shape index (κ2) is 6.77. The van der Waals surface area contributed by atoms with Gasteiger partial charge in [-0.25, -0.2) is 4.98 Å². The average molecular weight is 374 g/mol. The lowest BCUT2D eigenvalue weighted by atomic mass is 10.0. The first-order valence-corrected chi connectivity index (χ1v) is 9.00. The van der Waals surface area contributed by atoms with Crippen molar-refractivity contribution in [2.45, 2.75) is 12.8 Å². The summed E-state index contributed by atoms with van der Waals surface area (Å²) in [6.07, 6.45) is 13.0. The fourth-order valence-electron chi connectivity index (χ4n) is 3.39. The van der Waals surface area contributed by atoms with Gasteiger partial charge in [0, 0.05) is 10.8 Å². The normalized spacial score (nSPS) is 16.1. The maximum Gasteiger partial charge on any atom is 0.234 e. The predicted octanol–water partition coefficient (Wildman–Crippen LogP) is 4.50. The highest BCUT2D eigenvalue weighted by atomic mass is 16.6. The molecule has 7 heteroatoms.